The monoisotopic (exact) mass is 337 g/mol. The molecule has 0 atom stereocenters. The highest BCUT2D eigenvalue weighted by molar-refractivity contribution is 9.10. The van der Waals surface area contributed by atoms with E-state index >= 15 is 0 Å². The molecule has 0 aliphatic carbocycles. The molecular formula is C15H20BrN3O. The van der Waals surface area contributed by atoms with E-state index in [-0.39, 0.29) is 6.61 Å². The number of aryl methyl sites for hydroxylation is 3. The molecule has 0 aliphatic rings. The Morgan fingerprint density at radius 2 is 1.90 bits per heavy atom. The Hall–Kier alpha value is -1.17. The Labute approximate surface area is 127 Å². The van der Waals surface area contributed by atoms with E-state index in [2.05, 4.69) is 40.2 Å². The summed E-state index contributed by atoms with van der Waals surface area (Å²) in [6.07, 6.45) is 1.95. The first-order valence-electron chi connectivity index (χ1n) is 6.60. The number of aliphatic hydroxyl groups excluding tert-OH is 1. The van der Waals surface area contributed by atoms with Crippen LogP contribution in [-0.2, 0) is 26.7 Å². The van der Waals surface area contributed by atoms with Gasteiger partial charge in [0.2, 0.25) is 0 Å². The van der Waals surface area contributed by atoms with Crippen molar-refractivity contribution in [1.82, 2.24) is 15.1 Å². The van der Waals surface area contributed by atoms with Gasteiger partial charge in [0, 0.05) is 26.3 Å². The second-order valence-electron chi connectivity index (χ2n) is 5.07. The van der Waals surface area contributed by atoms with Crippen molar-refractivity contribution in [3.63, 3.8) is 0 Å². The lowest BCUT2D eigenvalue weighted by Crippen LogP contribution is -2.15. The van der Waals surface area contributed by atoms with Crippen LogP contribution in [0, 0.1) is 13.8 Å². The molecule has 2 rings (SSSR count). The summed E-state index contributed by atoms with van der Waals surface area (Å²) in [5, 5.41) is 17.0. The summed E-state index contributed by atoms with van der Waals surface area (Å²) >= 11 is 3.50. The van der Waals surface area contributed by atoms with Crippen LogP contribution in [0.4, 0.5) is 0 Å². The first kappa shape index (κ1) is 15.2. The number of hydrogen-bond donors (Lipinski definition) is 2. The summed E-state index contributed by atoms with van der Waals surface area (Å²) in [5.41, 5.74) is 5.68. The number of nitrogens with zero attached hydrogens (tertiary/aromatic N) is 2. The minimum atomic E-state index is 0.0935. The molecule has 5 heteroatoms. The summed E-state index contributed by atoms with van der Waals surface area (Å²) < 4.78 is 2.82. The number of hydrogen-bond acceptors (Lipinski definition) is 3. The van der Waals surface area contributed by atoms with Crippen molar-refractivity contribution in [2.24, 2.45) is 7.05 Å². The van der Waals surface area contributed by atoms with Crippen LogP contribution in [0.15, 0.2) is 22.8 Å². The smallest absolute Gasteiger partial charge is 0.0904 e. The quantitative estimate of drug-likeness (QED) is 0.881. The van der Waals surface area contributed by atoms with Gasteiger partial charge in [-0.1, -0.05) is 12.1 Å². The molecule has 0 amide bonds. The average Bonchev–Trinajstić information content (AvgIpc) is 2.71. The van der Waals surface area contributed by atoms with E-state index in [0.29, 0.717) is 0 Å². The molecule has 0 radical (unpaired) electrons. The van der Waals surface area contributed by atoms with Gasteiger partial charge in [0.15, 0.2) is 0 Å². The van der Waals surface area contributed by atoms with Gasteiger partial charge >= 0.3 is 0 Å². The molecule has 0 bridgehead atoms. The highest BCUT2D eigenvalue weighted by Crippen LogP contribution is 2.18. The molecule has 0 unspecified atom stereocenters. The molecule has 108 valence electrons. The molecular weight excluding hydrogens is 318 g/mol. The summed E-state index contributed by atoms with van der Waals surface area (Å²) in [6, 6.07) is 4.08. The van der Waals surface area contributed by atoms with Crippen molar-refractivity contribution in [2.75, 3.05) is 0 Å². The zero-order valence-corrected chi connectivity index (χ0v) is 13.7. The van der Waals surface area contributed by atoms with Gasteiger partial charge in [-0.15, -0.1) is 0 Å². The lowest BCUT2D eigenvalue weighted by molar-refractivity contribution is 0.281. The predicted octanol–water partition coefficient (Wildman–Crippen LogP) is 2.58. The number of rotatable bonds is 5. The summed E-state index contributed by atoms with van der Waals surface area (Å²) in [6.45, 7) is 5.78. The van der Waals surface area contributed by atoms with Crippen molar-refractivity contribution >= 4 is 15.9 Å². The number of aliphatic hydroxyl groups is 1. The Morgan fingerprint density at radius 3 is 2.40 bits per heavy atom. The van der Waals surface area contributed by atoms with Gasteiger partial charge in [-0.3, -0.25) is 4.68 Å². The summed E-state index contributed by atoms with van der Waals surface area (Å²) in [5.74, 6) is 0. The van der Waals surface area contributed by atoms with Gasteiger partial charge in [-0.05, 0) is 52.0 Å². The third-order valence-corrected chi connectivity index (χ3v) is 4.05. The maximum Gasteiger partial charge on any atom is 0.0904 e. The Bertz CT molecular complexity index is 584. The second-order valence-corrected chi connectivity index (χ2v) is 5.92. The van der Waals surface area contributed by atoms with Gasteiger partial charge in [0.25, 0.3) is 0 Å². The van der Waals surface area contributed by atoms with Gasteiger partial charge in [0.1, 0.15) is 0 Å². The number of halogens is 1. The van der Waals surface area contributed by atoms with Crippen molar-refractivity contribution in [1.29, 1.82) is 0 Å². The van der Waals surface area contributed by atoms with Gasteiger partial charge in [-0.2, -0.15) is 5.10 Å². The fourth-order valence-electron chi connectivity index (χ4n) is 2.38. The van der Waals surface area contributed by atoms with E-state index in [9.17, 15) is 5.11 Å². The Kier molecular flexibility index (Phi) is 4.96. The largest absolute Gasteiger partial charge is 0.392 e. The van der Waals surface area contributed by atoms with Crippen molar-refractivity contribution in [3.05, 3.63) is 50.8 Å². The molecule has 2 N–H and O–H groups in total. The average molecular weight is 338 g/mol. The standard InChI is InChI=1S/C15H20BrN3O/c1-10-4-12(9-20)5-11(2)13(10)6-17-7-15-14(16)8-19(3)18-15/h4-5,8,17,20H,6-7,9H2,1-3H3. The maximum absolute atomic E-state index is 9.20. The van der Waals surface area contributed by atoms with Crippen molar-refractivity contribution in [3.8, 4) is 0 Å². The molecule has 0 fully saturated rings. The number of aromatic nitrogens is 2. The molecule has 1 aromatic carbocycles. The first-order valence-corrected chi connectivity index (χ1v) is 7.39. The van der Waals surface area contributed by atoms with Gasteiger partial charge in [0.05, 0.1) is 16.8 Å². The fraction of sp³-hybridized carbons (Fsp3) is 0.400. The molecule has 0 spiro atoms. The topological polar surface area (TPSA) is 50.1 Å². The van der Waals surface area contributed by atoms with E-state index in [1.54, 1.807) is 4.68 Å². The third kappa shape index (κ3) is 3.48. The van der Waals surface area contributed by atoms with Crippen LogP contribution in [0.25, 0.3) is 0 Å². The second kappa shape index (κ2) is 6.52. The molecule has 1 heterocycles. The normalized spacial score (nSPS) is 11.1. The van der Waals surface area contributed by atoms with Crippen LogP contribution >= 0.6 is 15.9 Å². The lowest BCUT2D eigenvalue weighted by Gasteiger charge is -2.12. The van der Waals surface area contributed by atoms with Crippen LogP contribution in [0.5, 0.6) is 0 Å². The third-order valence-electron chi connectivity index (χ3n) is 3.39. The molecule has 4 nitrogen and oxygen atoms in total. The van der Waals surface area contributed by atoms with E-state index < -0.39 is 0 Å². The molecule has 1 aromatic heterocycles. The minimum absolute atomic E-state index is 0.0935. The molecule has 0 saturated carbocycles. The van der Waals surface area contributed by atoms with E-state index in [4.69, 9.17) is 0 Å². The highest BCUT2D eigenvalue weighted by Gasteiger charge is 2.07. The molecule has 20 heavy (non-hydrogen) atoms. The van der Waals surface area contributed by atoms with Crippen LogP contribution < -0.4 is 5.32 Å². The lowest BCUT2D eigenvalue weighted by atomic mass is 9.99. The van der Waals surface area contributed by atoms with Crippen molar-refractivity contribution < 1.29 is 5.11 Å². The fourth-order valence-corrected chi connectivity index (χ4v) is 2.90. The Morgan fingerprint density at radius 1 is 1.25 bits per heavy atom. The van der Waals surface area contributed by atoms with E-state index in [1.807, 2.05) is 25.4 Å². The Balaban J connectivity index is 2.03. The highest BCUT2D eigenvalue weighted by atomic mass is 79.9. The van der Waals surface area contributed by atoms with Gasteiger partial charge in [-0.25, -0.2) is 0 Å². The molecule has 2 aromatic rings. The van der Waals surface area contributed by atoms with Crippen molar-refractivity contribution in [2.45, 2.75) is 33.5 Å². The zero-order chi connectivity index (χ0) is 14.7. The van der Waals surface area contributed by atoms with Gasteiger partial charge < -0.3 is 10.4 Å². The number of nitrogens with one attached hydrogen (secondary N) is 1. The summed E-state index contributed by atoms with van der Waals surface area (Å²) in [7, 11) is 1.91. The minimum Gasteiger partial charge on any atom is -0.392 e. The van der Waals surface area contributed by atoms with E-state index in [1.165, 1.54) is 16.7 Å². The van der Waals surface area contributed by atoms with Crippen LogP contribution in [0.2, 0.25) is 0 Å². The predicted molar refractivity (Wildman–Crippen MR) is 83.3 cm³/mol. The number of benzene rings is 1. The first-order chi connectivity index (χ1) is 9.51. The van der Waals surface area contributed by atoms with E-state index in [0.717, 1.165) is 28.8 Å². The SMILES string of the molecule is Cc1cc(CO)cc(C)c1CNCc1nn(C)cc1Br. The molecule has 0 saturated heterocycles. The summed E-state index contributed by atoms with van der Waals surface area (Å²) in [4.78, 5) is 0. The zero-order valence-electron chi connectivity index (χ0n) is 12.1. The maximum atomic E-state index is 9.20. The van der Waals surface area contributed by atoms with Crippen LogP contribution in [0.3, 0.4) is 0 Å². The molecule has 0 aliphatic heterocycles. The van der Waals surface area contributed by atoms with Crippen LogP contribution in [-0.4, -0.2) is 14.9 Å². The van der Waals surface area contributed by atoms with Crippen LogP contribution in [0.1, 0.15) is 27.9 Å².